The van der Waals surface area contributed by atoms with Gasteiger partial charge in [0.25, 0.3) is 0 Å². The maximum absolute atomic E-state index is 5.90. The molecule has 0 aromatic heterocycles. The van der Waals surface area contributed by atoms with Crippen LogP contribution < -0.4 is 4.74 Å². The summed E-state index contributed by atoms with van der Waals surface area (Å²) in [5, 5.41) is 0. The lowest BCUT2D eigenvalue weighted by Crippen LogP contribution is -1.97. The molecule has 1 aliphatic rings. The van der Waals surface area contributed by atoms with Crippen LogP contribution in [0.2, 0.25) is 0 Å². The number of allylic oxidation sites excluding steroid dienone is 3. The first-order chi connectivity index (χ1) is 7.79. The van der Waals surface area contributed by atoms with Crippen LogP contribution in [0.25, 0.3) is 0 Å². The Morgan fingerprint density at radius 3 is 2.81 bits per heavy atom. The molecule has 0 saturated heterocycles. The molecule has 0 saturated carbocycles. The molecule has 0 amide bonds. The van der Waals surface area contributed by atoms with Crippen LogP contribution in [0.15, 0.2) is 42.2 Å². The van der Waals surface area contributed by atoms with E-state index in [1.807, 2.05) is 0 Å². The molecule has 84 valence electrons. The summed E-state index contributed by atoms with van der Waals surface area (Å²) < 4.78 is 5.90. The summed E-state index contributed by atoms with van der Waals surface area (Å²) in [7, 11) is 0. The lowest BCUT2D eigenvalue weighted by Gasteiger charge is -2.12. The first kappa shape index (κ1) is 11.0. The van der Waals surface area contributed by atoms with Gasteiger partial charge in [0.1, 0.15) is 11.5 Å². The van der Waals surface area contributed by atoms with Gasteiger partial charge < -0.3 is 4.74 Å². The van der Waals surface area contributed by atoms with Crippen LogP contribution in [0.1, 0.15) is 30.9 Å². The zero-order valence-corrected chi connectivity index (χ0v) is 9.99. The molecule has 0 bridgehead atoms. The van der Waals surface area contributed by atoms with Crippen LogP contribution >= 0.6 is 0 Å². The molecule has 0 fully saturated rings. The highest BCUT2D eigenvalue weighted by atomic mass is 16.5. The van der Waals surface area contributed by atoms with E-state index in [2.05, 4.69) is 50.3 Å². The summed E-state index contributed by atoms with van der Waals surface area (Å²) in [6.07, 6.45) is 9.62. The number of rotatable bonds is 3. The van der Waals surface area contributed by atoms with Crippen molar-refractivity contribution in [3.8, 4) is 5.75 Å². The first-order valence-electron chi connectivity index (χ1n) is 5.93. The average Bonchev–Trinajstić information content (AvgIpc) is 2.33. The van der Waals surface area contributed by atoms with Crippen molar-refractivity contribution in [2.75, 3.05) is 0 Å². The lowest BCUT2D eigenvalue weighted by molar-refractivity contribution is 0.435. The monoisotopic (exact) mass is 214 g/mol. The van der Waals surface area contributed by atoms with Gasteiger partial charge in [-0.15, -0.1) is 0 Å². The molecule has 2 rings (SSSR count). The quantitative estimate of drug-likeness (QED) is 0.733. The third-order valence-electron chi connectivity index (χ3n) is 2.85. The van der Waals surface area contributed by atoms with Crippen LogP contribution in [-0.4, -0.2) is 0 Å². The molecule has 0 spiro atoms. The molecular formula is C15H18O. The van der Waals surface area contributed by atoms with E-state index < -0.39 is 0 Å². The standard InChI is InChI=1S/C15H18O/c1-3-13-10-9-12(2)15(11-13)16-14-7-5-4-6-8-14/h5,7-11H,3-4,6H2,1-2H3. The predicted octanol–water partition coefficient (Wildman–Crippen LogP) is 4.17. The van der Waals surface area contributed by atoms with Crippen molar-refractivity contribution < 1.29 is 4.74 Å². The summed E-state index contributed by atoms with van der Waals surface area (Å²) in [5.41, 5.74) is 2.51. The van der Waals surface area contributed by atoms with Gasteiger partial charge in [0, 0.05) is 0 Å². The van der Waals surface area contributed by atoms with E-state index in [1.165, 1.54) is 11.1 Å². The third kappa shape index (κ3) is 2.54. The van der Waals surface area contributed by atoms with Crippen LogP contribution in [0, 0.1) is 6.92 Å². The number of ether oxygens (including phenoxy) is 1. The van der Waals surface area contributed by atoms with Gasteiger partial charge in [-0.05, 0) is 55.5 Å². The second-order valence-corrected chi connectivity index (χ2v) is 4.14. The molecule has 1 nitrogen and oxygen atoms in total. The normalized spacial score (nSPS) is 14.8. The Kier molecular flexibility index (Phi) is 3.45. The van der Waals surface area contributed by atoms with Gasteiger partial charge in [-0.3, -0.25) is 0 Å². The highest BCUT2D eigenvalue weighted by Gasteiger charge is 2.04. The highest BCUT2D eigenvalue weighted by molar-refractivity contribution is 5.38. The Labute approximate surface area is 97.4 Å². The minimum absolute atomic E-state index is 0.975. The summed E-state index contributed by atoms with van der Waals surface area (Å²) in [5.74, 6) is 1.96. The van der Waals surface area contributed by atoms with Crippen molar-refractivity contribution in [1.82, 2.24) is 0 Å². The fraction of sp³-hybridized carbons (Fsp3) is 0.333. The third-order valence-corrected chi connectivity index (χ3v) is 2.85. The lowest BCUT2D eigenvalue weighted by atomic mass is 10.1. The highest BCUT2D eigenvalue weighted by Crippen LogP contribution is 2.23. The second kappa shape index (κ2) is 5.02. The van der Waals surface area contributed by atoms with Crippen molar-refractivity contribution in [2.45, 2.75) is 33.1 Å². The molecule has 0 N–H and O–H groups in total. The van der Waals surface area contributed by atoms with Gasteiger partial charge in [-0.1, -0.05) is 25.1 Å². The zero-order valence-electron chi connectivity index (χ0n) is 9.99. The second-order valence-electron chi connectivity index (χ2n) is 4.14. The Balaban J connectivity index is 2.19. The average molecular weight is 214 g/mol. The Bertz CT molecular complexity index is 427. The Morgan fingerprint density at radius 1 is 1.25 bits per heavy atom. The molecule has 1 aromatic rings. The van der Waals surface area contributed by atoms with E-state index in [4.69, 9.17) is 4.74 Å². The van der Waals surface area contributed by atoms with Gasteiger partial charge >= 0.3 is 0 Å². The molecule has 0 atom stereocenters. The van der Waals surface area contributed by atoms with Crippen LogP contribution in [0.4, 0.5) is 0 Å². The van der Waals surface area contributed by atoms with Crippen LogP contribution in [0.5, 0.6) is 5.75 Å². The molecule has 0 heterocycles. The largest absolute Gasteiger partial charge is 0.457 e. The molecule has 0 radical (unpaired) electrons. The molecule has 1 heteroatoms. The number of hydrogen-bond acceptors (Lipinski definition) is 1. The van der Waals surface area contributed by atoms with Gasteiger partial charge in [0.05, 0.1) is 0 Å². The summed E-state index contributed by atoms with van der Waals surface area (Å²) in [6.45, 7) is 4.25. The fourth-order valence-corrected chi connectivity index (χ4v) is 1.77. The molecule has 16 heavy (non-hydrogen) atoms. The van der Waals surface area contributed by atoms with E-state index in [0.29, 0.717) is 0 Å². The minimum atomic E-state index is 0.975. The van der Waals surface area contributed by atoms with Crippen molar-refractivity contribution in [2.24, 2.45) is 0 Å². The first-order valence-corrected chi connectivity index (χ1v) is 5.93. The minimum Gasteiger partial charge on any atom is -0.457 e. The summed E-state index contributed by atoms with van der Waals surface area (Å²) >= 11 is 0. The van der Waals surface area contributed by atoms with Crippen molar-refractivity contribution in [1.29, 1.82) is 0 Å². The maximum atomic E-state index is 5.90. The van der Waals surface area contributed by atoms with E-state index in [-0.39, 0.29) is 0 Å². The fourth-order valence-electron chi connectivity index (χ4n) is 1.77. The zero-order chi connectivity index (χ0) is 11.4. The molecule has 1 aromatic carbocycles. The number of benzene rings is 1. The number of hydrogen-bond donors (Lipinski definition) is 0. The van der Waals surface area contributed by atoms with E-state index >= 15 is 0 Å². The Morgan fingerprint density at radius 2 is 2.12 bits per heavy atom. The molecule has 0 aliphatic heterocycles. The smallest absolute Gasteiger partial charge is 0.130 e. The van der Waals surface area contributed by atoms with E-state index in [1.54, 1.807) is 0 Å². The van der Waals surface area contributed by atoms with Gasteiger partial charge in [0.2, 0.25) is 0 Å². The summed E-state index contributed by atoms with van der Waals surface area (Å²) in [6, 6.07) is 6.42. The van der Waals surface area contributed by atoms with Gasteiger partial charge in [-0.2, -0.15) is 0 Å². The Hall–Kier alpha value is -1.50. The topological polar surface area (TPSA) is 9.23 Å². The van der Waals surface area contributed by atoms with Gasteiger partial charge in [0.15, 0.2) is 0 Å². The van der Waals surface area contributed by atoms with Crippen LogP contribution in [-0.2, 0) is 6.42 Å². The van der Waals surface area contributed by atoms with Gasteiger partial charge in [-0.25, -0.2) is 0 Å². The van der Waals surface area contributed by atoms with Crippen molar-refractivity contribution in [3.05, 3.63) is 53.3 Å². The molecule has 0 unspecified atom stereocenters. The summed E-state index contributed by atoms with van der Waals surface area (Å²) in [4.78, 5) is 0. The SMILES string of the molecule is CCc1ccc(C)c(OC2=CCCC=C2)c1. The number of aryl methyl sites for hydroxylation is 2. The van der Waals surface area contributed by atoms with Crippen LogP contribution in [0.3, 0.4) is 0 Å². The van der Waals surface area contributed by atoms with Crippen molar-refractivity contribution in [3.63, 3.8) is 0 Å². The predicted molar refractivity (Wildman–Crippen MR) is 67.6 cm³/mol. The van der Waals surface area contributed by atoms with Crippen molar-refractivity contribution >= 4 is 0 Å². The molecule has 1 aliphatic carbocycles. The maximum Gasteiger partial charge on any atom is 0.130 e. The van der Waals surface area contributed by atoms with E-state index in [0.717, 1.165) is 30.8 Å². The van der Waals surface area contributed by atoms with E-state index in [9.17, 15) is 0 Å². The molecular weight excluding hydrogens is 196 g/mol.